The zero-order valence-electron chi connectivity index (χ0n) is 9.90. The van der Waals surface area contributed by atoms with Crippen LogP contribution in [0, 0.1) is 13.8 Å². The second-order valence-electron chi connectivity index (χ2n) is 4.14. The van der Waals surface area contributed by atoms with Crippen molar-refractivity contribution in [3.63, 3.8) is 0 Å². The van der Waals surface area contributed by atoms with E-state index in [4.69, 9.17) is 11.6 Å². The first kappa shape index (κ1) is 11.9. The SMILES string of the molecule is Cc1ccc(-n2cc(CCl)c(=O)cc2C)cc1. The van der Waals surface area contributed by atoms with Crippen LogP contribution in [-0.2, 0) is 5.88 Å². The van der Waals surface area contributed by atoms with E-state index in [1.165, 1.54) is 5.56 Å². The zero-order valence-corrected chi connectivity index (χ0v) is 10.7. The molecule has 1 aromatic heterocycles. The van der Waals surface area contributed by atoms with Crippen LogP contribution in [0.4, 0.5) is 0 Å². The van der Waals surface area contributed by atoms with Crippen LogP contribution < -0.4 is 5.43 Å². The Hall–Kier alpha value is -1.54. The van der Waals surface area contributed by atoms with Crippen molar-refractivity contribution in [2.45, 2.75) is 19.7 Å². The maximum atomic E-state index is 11.6. The quantitative estimate of drug-likeness (QED) is 0.747. The summed E-state index contributed by atoms with van der Waals surface area (Å²) in [5.41, 5.74) is 3.79. The van der Waals surface area contributed by atoms with E-state index in [0.29, 0.717) is 5.56 Å². The Morgan fingerprint density at radius 1 is 1.18 bits per heavy atom. The summed E-state index contributed by atoms with van der Waals surface area (Å²) in [5, 5.41) is 0. The second kappa shape index (κ2) is 4.76. The highest BCUT2D eigenvalue weighted by Gasteiger charge is 2.04. The average molecular weight is 248 g/mol. The van der Waals surface area contributed by atoms with Crippen molar-refractivity contribution in [3.8, 4) is 5.69 Å². The largest absolute Gasteiger partial charge is 0.321 e. The molecule has 0 fully saturated rings. The Kier molecular flexibility index (Phi) is 3.34. The number of nitrogens with zero attached hydrogens (tertiary/aromatic N) is 1. The van der Waals surface area contributed by atoms with Crippen molar-refractivity contribution in [2.75, 3.05) is 0 Å². The Morgan fingerprint density at radius 2 is 1.82 bits per heavy atom. The lowest BCUT2D eigenvalue weighted by Crippen LogP contribution is -2.12. The van der Waals surface area contributed by atoms with Crippen LogP contribution in [0.3, 0.4) is 0 Å². The summed E-state index contributed by atoms with van der Waals surface area (Å²) in [5.74, 6) is 0.241. The molecule has 2 rings (SSSR count). The van der Waals surface area contributed by atoms with E-state index in [1.54, 1.807) is 6.07 Å². The molecule has 0 amide bonds. The molecule has 0 atom stereocenters. The number of hydrogen-bond donors (Lipinski definition) is 0. The summed E-state index contributed by atoms with van der Waals surface area (Å²) in [7, 11) is 0. The lowest BCUT2D eigenvalue weighted by Gasteiger charge is -2.12. The summed E-state index contributed by atoms with van der Waals surface area (Å²) in [6, 6.07) is 9.79. The minimum Gasteiger partial charge on any atom is -0.321 e. The molecular weight excluding hydrogens is 234 g/mol. The Balaban J connectivity index is 2.59. The first-order valence-electron chi connectivity index (χ1n) is 5.47. The van der Waals surface area contributed by atoms with E-state index >= 15 is 0 Å². The number of benzene rings is 1. The number of hydrogen-bond acceptors (Lipinski definition) is 1. The highest BCUT2D eigenvalue weighted by atomic mass is 35.5. The first-order chi connectivity index (χ1) is 8.11. The average Bonchev–Trinajstić information content (AvgIpc) is 2.31. The van der Waals surface area contributed by atoms with Crippen molar-refractivity contribution in [1.29, 1.82) is 0 Å². The number of alkyl halides is 1. The monoisotopic (exact) mass is 247 g/mol. The van der Waals surface area contributed by atoms with Crippen molar-refractivity contribution in [3.05, 3.63) is 63.6 Å². The highest BCUT2D eigenvalue weighted by molar-refractivity contribution is 6.17. The Morgan fingerprint density at radius 3 is 2.41 bits per heavy atom. The number of rotatable bonds is 2. The van der Waals surface area contributed by atoms with Gasteiger partial charge in [-0.3, -0.25) is 4.79 Å². The van der Waals surface area contributed by atoms with E-state index in [-0.39, 0.29) is 11.3 Å². The third kappa shape index (κ3) is 2.42. The van der Waals surface area contributed by atoms with E-state index in [2.05, 4.69) is 0 Å². The van der Waals surface area contributed by atoms with Gasteiger partial charge >= 0.3 is 0 Å². The Bertz CT molecular complexity index is 584. The third-order valence-corrected chi connectivity index (χ3v) is 3.07. The van der Waals surface area contributed by atoms with Gasteiger partial charge in [0.2, 0.25) is 0 Å². The van der Waals surface area contributed by atoms with E-state index < -0.39 is 0 Å². The maximum absolute atomic E-state index is 11.6. The van der Waals surface area contributed by atoms with Gasteiger partial charge in [-0.2, -0.15) is 0 Å². The van der Waals surface area contributed by atoms with E-state index in [1.807, 2.05) is 48.9 Å². The fraction of sp³-hybridized carbons (Fsp3) is 0.214. The molecule has 2 nitrogen and oxygen atoms in total. The molecule has 0 unspecified atom stereocenters. The molecule has 0 radical (unpaired) electrons. The van der Waals surface area contributed by atoms with Gasteiger partial charge in [0.1, 0.15) is 0 Å². The topological polar surface area (TPSA) is 22.0 Å². The maximum Gasteiger partial charge on any atom is 0.186 e. The molecule has 0 N–H and O–H groups in total. The molecule has 17 heavy (non-hydrogen) atoms. The first-order valence-corrected chi connectivity index (χ1v) is 6.00. The van der Waals surface area contributed by atoms with E-state index in [0.717, 1.165) is 11.4 Å². The zero-order chi connectivity index (χ0) is 12.4. The normalized spacial score (nSPS) is 10.5. The lowest BCUT2D eigenvalue weighted by molar-refractivity contribution is 0.954. The number of halogens is 1. The predicted octanol–water partition coefficient (Wildman–Crippen LogP) is 3.19. The van der Waals surface area contributed by atoms with Gasteiger partial charge in [-0.15, -0.1) is 11.6 Å². The molecule has 88 valence electrons. The summed E-state index contributed by atoms with van der Waals surface area (Å²) in [4.78, 5) is 11.6. The molecule has 0 saturated heterocycles. The van der Waals surface area contributed by atoms with Gasteiger partial charge in [0.05, 0.1) is 5.88 Å². The summed E-state index contributed by atoms with van der Waals surface area (Å²) in [6.45, 7) is 3.96. The standard InChI is InChI=1S/C14H14ClNO/c1-10-3-5-13(6-4-10)16-9-12(8-15)14(17)7-11(16)2/h3-7,9H,8H2,1-2H3. The van der Waals surface area contributed by atoms with Crippen molar-refractivity contribution >= 4 is 11.6 Å². The minimum atomic E-state index is 0.000798. The van der Waals surface area contributed by atoms with Crippen molar-refractivity contribution < 1.29 is 0 Å². The summed E-state index contributed by atoms with van der Waals surface area (Å²) in [6.07, 6.45) is 1.81. The molecule has 3 heteroatoms. The predicted molar refractivity (Wildman–Crippen MR) is 71.1 cm³/mol. The minimum absolute atomic E-state index is 0.000798. The van der Waals surface area contributed by atoms with Gasteiger partial charge in [-0.1, -0.05) is 17.7 Å². The molecule has 2 aromatic rings. The summed E-state index contributed by atoms with van der Waals surface area (Å²) >= 11 is 5.76. The summed E-state index contributed by atoms with van der Waals surface area (Å²) < 4.78 is 1.98. The van der Waals surface area contributed by atoms with Gasteiger partial charge in [0, 0.05) is 29.2 Å². The number of aromatic nitrogens is 1. The molecule has 1 heterocycles. The fourth-order valence-electron chi connectivity index (χ4n) is 1.76. The number of aryl methyl sites for hydroxylation is 2. The molecule has 0 aliphatic carbocycles. The van der Waals surface area contributed by atoms with E-state index in [9.17, 15) is 4.79 Å². The van der Waals surface area contributed by atoms with Crippen LogP contribution in [0.1, 0.15) is 16.8 Å². The van der Waals surface area contributed by atoms with Gasteiger partial charge in [0.25, 0.3) is 0 Å². The highest BCUT2D eigenvalue weighted by Crippen LogP contribution is 2.12. The van der Waals surface area contributed by atoms with Crippen LogP contribution in [0.2, 0.25) is 0 Å². The van der Waals surface area contributed by atoms with Crippen LogP contribution in [0.5, 0.6) is 0 Å². The second-order valence-corrected chi connectivity index (χ2v) is 4.41. The number of pyridine rings is 1. The van der Waals surface area contributed by atoms with Crippen molar-refractivity contribution in [2.24, 2.45) is 0 Å². The fourth-order valence-corrected chi connectivity index (χ4v) is 1.96. The van der Waals surface area contributed by atoms with Crippen molar-refractivity contribution in [1.82, 2.24) is 4.57 Å². The van der Waals surface area contributed by atoms with Crippen LogP contribution in [-0.4, -0.2) is 4.57 Å². The molecular formula is C14H14ClNO. The molecule has 0 aliphatic heterocycles. The third-order valence-electron chi connectivity index (χ3n) is 2.78. The van der Waals surface area contributed by atoms with Crippen LogP contribution >= 0.6 is 11.6 Å². The lowest BCUT2D eigenvalue weighted by atomic mass is 10.2. The molecule has 0 spiro atoms. The molecule has 0 saturated carbocycles. The van der Waals surface area contributed by atoms with Crippen LogP contribution in [0.15, 0.2) is 41.3 Å². The Labute approximate surface area is 105 Å². The van der Waals surface area contributed by atoms with Gasteiger partial charge in [-0.05, 0) is 26.0 Å². The van der Waals surface area contributed by atoms with Crippen LogP contribution in [0.25, 0.3) is 5.69 Å². The smallest absolute Gasteiger partial charge is 0.186 e. The molecule has 1 aromatic carbocycles. The van der Waals surface area contributed by atoms with Gasteiger partial charge < -0.3 is 4.57 Å². The van der Waals surface area contributed by atoms with Gasteiger partial charge in [0.15, 0.2) is 5.43 Å². The molecule has 0 bridgehead atoms. The molecule has 0 aliphatic rings. The van der Waals surface area contributed by atoms with Gasteiger partial charge in [-0.25, -0.2) is 0 Å².